The number of alkyl halides is 15. The number of carboxylic acids is 1. The Morgan fingerprint density at radius 3 is 1.51 bits per heavy atom. The molecule has 0 atom stereocenters. The second kappa shape index (κ2) is 10.7. The lowest BCUT2D eigenvalue weighted by molar-refractivity contribution is -0.451. The second-order valence-corrected chi connectivity index (χ2v) is 7.39. The summed E-state index contributed by atoms with van der Waals surface area (Å²) in [5.41, 5.74) is -2.21. The maximum atomic E-state index is 13.9. The van der Waals surface area contributed by atoms with Gasteiger partial charge in [-0.3, -0.25) is 0 Å². The molecule has 0 aliphatic carbocycles. The summed E-state index contributed by atoms with van der Waals surface area (Å²) in [7, 11) is 0. The molecule has 0 amide bonds. The summed E-state index contributed by atoms with van der Waals surface area (Å²) in [5, 5.41) is 11.0. The lowest BCUT2D eigenvalue weighted by Crippen LogP contribution is -2.72. The summed E-state index contributed by atoms with van der Waals surface area (Å²) < 4.78 is 234. The number of carbonyl (C=O) groups excluding carboxylic acids is 2. The molecule has 1 rings (SSSR count). The van der Waals surface area contributed by atoms with Crippen molar-refractivity contribution in [3.8, 4) is 5.75 Å². The highest BCUT2D eigenvalue weighted by molar-refractivity contribution is 5.94. The van der Waals surface area contributed by atoms with Crippen molar-refractivity contribution in [1.29, 1.82) is 0 Å². The summed E-state index contributed by atoms with van der Waals surface area (Å²) in [6.07, 6.45) is -7.86. The Balaban J connectivity index is 3.68. The summed E-state index contributed by atoms with van der Waals surface area (Å²) in [6.45, 7) is 0.749. The molecule has 0 radical (unpaired) electrons. The fourth-order valence-electron chi connectivity index (χ4n) is 2.48. The molecule has 1 aromatic rings. The summed E-state index contributed by atoms with van der Waals surface area (Å²) >= 11 is 0. The number of aromatic carboxylic acids is 1. The van der Waals surface area contributed by atoms with Crippen molar-refractivity contribution in [3.05, 3.63) is 41.2 Å². The smallest absolute Gasteiger partial charge is 0.460 e. The first-order valence-corrected chi connectivity index (χ1v) is 9.67. The first-order valence-electron chi connectivity index (χ1n) is 9.67. The van der Waals surface area contributed by atoms with Crippen LogP contribution in [-0.4, -0.2) is 60.3 Å². The standard InChI is InChI=1S/C19H9F17O5/c1-2-40-12(39)7-3-6(11(37)38)4-8(5-7)41-10(21)9(20)13(22,23)14(24,25)15(26,27)16(28,29)17(30,31)18(32,33)19(34,35)36/h3-5H,2H2,1H3,(H,37,38)/p-1. The number of halogens is 17. The van der Waals surface area contributed by atoms with E-state index in [-0.39, 0.29) is 12.1 Å². The van der Waals surface area contributed by atoms with Gasteiger partial charge in [0.1, 0.15) is 5.75 Å². The number of hydrogen-bond acceptors (Lipinski definition) is 5. The molecule has 0 unspecified atom stereocenters. The lowest BCUT2D eigenvalue weighted by atomic mass is 9.91. The van der Waals surface area contributed by atoms with Gasteiger partial charge in [0.05, 0.1) is 18.1 Å². The molecule has 1 aromatic carbocycles. The molecule has 0 heterocycles. The van der Waals surface area contributed by atoms with E-state index < -0.39 is 89.0 Å². The number of rotatable bonds is 11. The number of carboxylic acid groups (broad SMARTS) is 1. The van der Waals surface area contributed by atoms with Gasteiger partial charge in [-0.2, -0.15) is 74.6 Å². The van der Waals surface area contributed by atoms with Crippen LogP contribution in [0.25, 0.3) is 0 Å². The molecule has 0 aromatic heterocycles. The maximum Gasteiger partial charge on any atom is 0.460 e. The topological polar surface area (TPSA) is 75.7 Å². The van der Waals surface area contributed by atoms with Crippen LogP contribution in [0.4, 0.5) is 74.6 Å². The van der Waals surface area contributed by atoms with Crippen molar-refractivity contribution in [2.45, 2.75) is 48.6 Å². The molecular formula is C19H8F17O5-. The average molecular weight is 639 g/mol. The highest BCUT2D eigenvalue weighted by atomic mass is 19.4. The predicted octanol–water partition coefficient (Wildman–Crippen LogP) is 6.09. The zero-order valence-corrected chi connectivity index (χ0v) is 18.9. The first-order chi connectivity index (χ1) is 18.1. The van der Waals surface area contributed by atoms with Crippen LogP contribution in [0.2, 0.25) is 0 Å². The molecule has 234 valence electrons. The fraction of sp³-hybridized carbons (Fsp3) is 0.474. The van der Waals surface area contributed by atoms with Crippen molar-refractivity contribution in [2.75, 3.05) is 6.61 Å². The molecule has 0 saturated heterocycles. The minimum atomic E-state index is -8.75. The monoisotopic (exact) mass is 639 g/mol. The summed E-state index contributed by atoms with van der Waals surface area (Å²) in [6, 6.07) is -3.34. The van der Waals surface area contributed by atoms with Crippen molar-refractivity contribution >= 4 is 11.9 Å². The number of allylic oxidation sites excluding steroid dienone is 1. The first kappa shape index (κ1) is 35.5. The Hall–Kier alpha value is -3.49. The van der Waals surface area contributed by atoms with Crippen LogP contribution in [0.15, 0.2) is 30.0 Å². The maximum absolute atomic E-state index is 13.9. The van der Waals surface area contributed by atoms with E-state index in [2.05, 4.69) is 9.47 Å². The van der Waals surface area contributed by atoms with E-state index in [9.17, 15) is 89.3 Å². The van der Waals surface area contributed by atoms with Gasteiger partial charge in [-0.1, -0.05) is 0 Å². The van der Waals surface area contributed by atoms with E-state index in [0.29, 0.717) is 6.07 Å². The van der Waals surface area contributed by atoms with Crippen molar-refractivity contribution in [1.82, 2.24) is 0 Å². The van der Waals surface area contributed by atoms with Gasteiger partial charge in [0.2, 0.25) is 5.83 Å². The van der Waals surface area contributed by atoms with E-state index in [1.54, 1.807) is 0 Å². The van der Waals surface area contributed by atoms with Gasteiger partial charge < -0.3 is 19.4 Å². The Kier molecular flexibility index (Phi) is 9.30. The zero-order chi connectivity index (χ0) is 32.8. The van der Waals surface area contributed by atoms with Crippen LogP contribution < -0.4 is 9.84 Å². The Bertz CT molecular complexity index is 1200. The normalized spacial score (nSPS) is 14.9. The van der Waals surface area contributed by atoms with E-state index in [0.717, 1.165) is 0 Å². The molecule has 0 aliphatic rings. The molecule has 5 nitrogen and oxygen atoms in total. The molecule has 0 spiro atoms. The molecule has 0 fully saturated rings. The molecule has 0 aliphatic heterocycles. The number of ether oxygens (including phenoxy) is 2. The Morgan fingerprint density at radius 1 is 0.683 bits per heavy atom. The fourth-order valence-corrected chi connectivity index (χ4v) is 2.48. The highest BCUT2D eigenvalue weighted by Crippen LogP contribution is 2.63. The van der Waals surface area contributed by atoms with Gasteiger partial charge in [-0.15, -0.1) is 0 Å². The second-order valence-electron chi connectivity index (χ2n) is 7.39. The van der Waals surface area contributed by atoms with E-state index in [1.807, 2.05) is 0 Å². The Morgan fingerprint density at radius 2 is 1.10 bits per heavy atom. The van der Waals surface area contributed by atoms with Crippen LogP contribution >= 0.6 is 0 Å². The largest absolute Gasteiger partial charge is 0.545 e. The third-order valence-electron chi connectivity index (χ3n) is 4.64. The number of benzene rings is 1. The van der Waals surface area contributed by atoms with Crippen LogP contribution in [0.5, 0.6) is 5.75 Å². The van der Waals surface area contributed by atoms with E-state index in [4.69, 9.17) is 0 Å². The van der Waals surface area contributed by atoms with Crippen LogP contribution in [-0.2, 0) is 4.74 Å². The summed E-state index contributed by atoms with van der Waals surface area (Å²) in [5.74, 6) is -60.6. The van der Waals surface area contributed by atoms with Gasteiger partial charge in [-0.05, 0) is 25.1 Å². The van der Waals surface area contributed by atoms with Gasteiger partial charge >= 0.3 is 53.7 Å². The molecule has 0 saturated carbocycles. The van der Waals surface area contributed by atoms with Gasteiger partial charge in [0.25, 0.3) is 0 Å². The quantitative estimate of drug-likeness (QED) is 0.167. The minimum absolute atomic E-state index is 0.0102. The number of esters is 1. The highest BCUT2D eigenvalue weighted by Gasteiger charge is 2.93. The van der Waals surface area contributed by atoms with Crippen molar-refractivity contribution in [2.24, 2.45) is 0 Å². The van der Waals surface area contributed by atoms with Crippen LogP contribution in [0.3, 0.4) is 0 Å². The Labute approximate surface area is 214 Å². The third-order valence-corrected chi connectivity index (χ3v) is 4.64. The van der Waals surface area contributed by atoms with E-state index in [1.165, 1.54) is 6.92 Å². The lowest BCUT2D eigenvalue weighted by Gasteiger charge is -2.41. The van der Waals surface area contributed by atoms with Gasteiger partial charge in [-0.25, -0.2) is 4.79 Å². The van der Waals surface area contributed by atoms with Gasteiger partial charge in [0.15, 0.2) is 0 Å². The third kappa shape index (κ3) is 5.68. The molecule has 0 N–H and O–H groups in total. The van der Waals surface area contributed by atoms with Crippen LogP contribution in [0, 0.1) is 0 Å². The van der Waals surface area contributed by atoms with Gasteiger partial charge in [0, 0.05) is 5.56 Å². The van der Waals surface area contributed by atoms with Crippen molar-refractivity contribution < 1.29 is 98.8 Å². The molecule has 0 bridgehead atoms. The summed E-state index contributed by atoms with van der Waals surface area (Å²) in [4.78, 5) is 22.6. The molecular weight excluding hydrogens is 631 g/mol. The number of carbonyl (C=O) groups is 2. The van der Waals surface area contributed by atoms with Crippen molar-refractivity contribution in [3.63, 3.8) is 0 Å². The van der Waals surface area contributed by atoms with Crippen LogP contribution in [0.1, 0.15) is 27.6 Å². The number of hydrogen-bond donors (Lipinski definition) is 0. The minimum Gasteiger partial charge on any atom is -0.545 e. The molecule has 41 heavy (non-hydrogen) atoms. The SMILES string of the molecule is CCOC(=O)c1cc(OC(F)=C(F)C(F)(F)C(F)(F)C(F)(F)C(F)(F)C(F)(F)C(F)(F)C(F)(F)F)cc(C(=O)[O-])c1. The van der Waals surface area contributed by atoms with E-state index >= 15 is 0 Å². The zero-order valence-electron chi connectivity index (χ0n) is 18.9. The predicted molar refractivity (Wildman–Crippen MR) is 92.3 cm³/mol. The average Bonchev–Trinajstić information content (AvgIpc) is 2.81. The molecule has 22 heteroatoms.